The Labute approximate surface area is 97.6 Å². The van der Waals surface area contributed by atoms with Crippen LogP contribution < -0.4 is 10.6 Å². The van der Waals surface area contributed by atoms with Crippen LogP contribution >= 0.6 is 0 Å². The van der Waals surface area contributed by atoms with Crippen LogP contribution in [0, 0.1) is 10.1 Å². The Morgan fingerprint density at radius 1 is 1.59 bits per heavy atom. The van der Waals surface area contributed by atoms with Gasteiger partial charge in [0.05, 0.1) is 11.3 Å². The summed E-state index contributed by atoms with van der Waals surface area (Å²) in [5.74, 6) is -0.955. The molecule has 17 heavy (non-hydrogen) atoms. The van der Waals surface area contributed by atoms with Gasteiger partial charge in [-0.15, -0.1) is 0 Å². The topological polar surface area (TPSA) is 110 Å². The van der Waals surface area contributed by atoms with Crippen molar-refractivity contribution in [2.24, 2.45) is 0 Å². The zero-order chi connectivity index (χ0) is 13.0. The lowest BCUT2D eigenvalue weighted by molar-refractivity contribution is -0.384. The second-order valence-electron chi connectivity index (χ2n) is 3.57. The van der Waals surface area contributed by atoms with Gasteiger partial charge in [0.1, 0.15) is 5.69 Å². The van der Waals surface area contributed by atoms with E-state index < -0.39 is 10.9 Å². The molecule has 0 spiro atoms. The molecule has 0 aliphatic rings. The molecule has 1 rings (SSSR count). The molecule has 1 aromatic rings. The van der Waals surface area contributed by atoms with Gasteiger partial charge in [0.15, 0.2) is 0 Å². The maximum absolute atomic E-state index is 10.8. The molecule has 0 aliphatic carbocycles. The number of carbonyl (C=O) groups is 1. The Kier molecular flexibility index (Phi) is 3.86. The monoisotopic (exact) mass is 239 g/mol. The minimum Gasteiger partial charge on any atom is -0.481 e. The molecule has 0 saturated heterocycles. The highest BCUT2D eigenvalue weighted by Gasteiger charge is 2.17. The number of anilines is 2. The van der Waals surface area contributed by atoms with Gasteiger partial charge in [0.25, 0.3) is 5.69 Å². The van der Waals surface area contributed by atoms with Gasteiger partial charge in [-0.2, -0.15) is 0 Å². The first-order chi connectivity index (χ1) is 7.91. The Balaban J connectivity index is 2.97. The predicted molar refractivity (Wildman–Crippen MR) is 63.0 cm³/mol. The first kappa shape index (κ1) is 12.8. The molecule has 0 saturated carbocycles. The molecule has 0 fully saturated rings. The summed E-state index contributed by atoms with van der Waals surface area (Å²) < 4.78 is 0. The second-order valence-corrected chi connectivity index (χ2v) is 3.57. The van der Waals surface area contributed by atoms with Crippen molar-refractivity contribution < 1.29 is 14.8 Å². The lowest BCUT2D eigenvalue weighted by atomic mass is 10.2. The van der Waals surface area contributed by atoms with E-state index in [2.05, 4.69) is 0 Å². The number of nitrogens with zero attached hydrogens (tertiary/aromatic N) is 2. The molecule has 0 aliphatic heterocycles. The molecule has 0 unspecified atom stereocenters. The molecular formula is C10H13N3O4. The molecular weight excluding hydrogens is 226 g/mol. The van der Waals surface area contributed by atoms with Crippen LogP contribution in [0.2, 0.25) is 0 Å². The van der Waals surface area contributed by atoms with Crippen LogP contribution in [0.4, 0.5) is 17.1 Å². The number of benzene rings is 1. The van der Waals surface area contributed by atoms with Crippen molar-refractivity contribution >= 4 is 23.0 Å². The van der Waals surface area contributed by atoms with E-state index in [1.54, 1.807) is 7.05 Å². The quantitative estimate of drug-likeness (QED) is 0.452. The molecule has 0 aromatic heterocycles. The number of nitro benzene ring substituents is 1. The standard InChI is InChI=1S/C10H13N3O4/c1-12(5-4-10(14)15)9-6-7(11)2-3-8(9)13(16)17/h2-3,6H,4-5,11H2,1H3,(H,14,15). The largest absolute Gasteiger partial charge is 0.481 e. The number of nitrogen functional groups attached to an aromatic ring is 1. The Morgan fingerprint density at radius 3 is 2.76 bits per heavy atom. The van der Waals surface area contributed by atoms with Crippen molar-refractivity contribution in [1.82, 2.24) is 0 Å². The Bertz CT molecular complexity index is 447. The summed E-state index contributed by atoms with van der Waals surface area (Å²) in [6.45, 7) is 0.180. The fourth-order valence-electron chi connectivity index (χ4n) is 1.38. The van der Waals surface area contributed by atoms with Gasteiger partial charge in [0, 0.05) is 25.3 Å². The van der Waals surface area contributed by atoms with Gasteiger partial charge in [-0.05, 0) is 12.1 Å². The molecule has 1 aromatic carbocycles. The molecule has 92 valence electrons. The first-order valence-corrected chi connectivity index (χ1v) is 4.88. The van der Waals surface area contributed by atoms with Crippen LogP contribution in [0.3, 0.4) is 0 Å². The summed E-state index contributed by atoms with van der Waals surface area (Å²) in [7, 11) is 1.59. The van der Waals surface area contributed by atoms with Crippen LogP contribution in [-0.2, 0) is 4.79 Å². The lowest BCUT2D eigenvalue weighted by Crippen LogP contribution is -2.22. The number of carboxylic acids is 1. The third kappa shape index (κ3) is 3.33. The van der Waals surface area contributed by atoms with E-state index in [9.17, 15) is 14.9 Å². The van der Waals surface area contributed by atoms with Crippen LogP contribution in [0.1, 0.15) is 6.42 Å². The van der Waals surface area contributed by atoms with Crippen molar-refractivity contribution in [3.8, 4) is 0 Å². The number of hydrogen-bond donors (Lipinski definition) is 2. The Morgan fingerprint density at radius 2 is 2.24 bits per heavy atom. The SMILES string of the molecule is CN(CCC(=O)O)c1cc(N)ccc1[N+](=O)[O-]. The number of rotatable bonds is 5. The van der Waals surface area contributed by atoms with Crippen LogP contribution in [0.25, 0.3) is 0 Å². The summed E-state index contributed by atoms with van der Waals surface area (Å²) in [6.07, 6.45) is -0.0948. The normalized spacial score (nSPS) is 9.94. The van der Waals surface area contributed by atoms with Gasteiger partial charge in [-0.3, -0.25) is 14.9 Å². The second kappa shape index (κ2) is 5.15. The van der Waals surface area contributed by atoms with E-state index in [0.717, 1.165) is 0 Å². The molecule has 0 atom stereocenters. The van der Waals surface area contributed by atoms with E-state index in [4.69, 9.17) is 10.8 Å². The fourth-order valence-corrected chi connectivity index (χ4v) is 1.38. The number of nitro groups is 1. The average Bonchev–Trinajstić information content (AvgIpc) is 2.25. The van der Waals surface area contributed by atoms with Crippen molar-refractivity contribution in [3.63, 3.8) is 0 Å². The van der Waals surface area contributed by atoms with E-state index in [1.807, 2.05) is 0 Å². The number of carboxylic acid groups (broad SMARTS) is 1. The summed E-state index contributed by atoms with van der Waals surface area (Å²) >= 11 is 0. The summed E-state index contributed by atoms with van der Waals surface area (Å²) in [5.41, 5.74) is 6.18. The molecule has 0 radical (unpaired) electrons. The van der Waals surface area contributed by atoms with Crippen molar-refractivity contribution in [3.05, 3.63) is 28.3 Å². The van der Waals surface area contributed by atoms with Gasteiger partial charge >= 0.3 is 5.97 Å². The minimum absolute atomic E-state index is 0.0907. The maximum atomic E-state index is 10.8. The van der Waals surface area contributed by atoms with E-state index in [1.165, 1.54) is 23.1 Å². The lowest BCUT2D eigenvalue weighted by Gasteiger charge is -2.18. The van der Waals surface area contributed by atoms with E-state index in [-0.39, 0.29) is 18.7 Å². The van der Waals surface area contributed by atoms with E-state index >= 15 is 0 Å². The zero-order valence-electron chi connectivity index (χ0n) is 9.29. The summed E-state index contributed by atoms with van der Waals surface area (Å²) in [5, 5.41) is 19.4. The van der Waals surface area contributed by atoms with Gasteiger partial charge in [-0.1, -0.05) is 0 Å². The zero-order valence-corrected chi connectivity index (χ0v) is 9.29. The molecule has 7 nitrogen and oxygen atoms in total. The van der Waals surface area contributed by atoms with Crippen molar-refractivity contribution in [1.29, 1.82) is 0 Å². The van der Waals surface area contributed by atoms with Crippen LogP contribution in [-0.4, -0.2) is 29.6 Å². The highest BCUT2D eigenvalue weighted by molar-refractivity contribution is 5.71. The fraction of sp³-hybridized carbons (Fsp3) is 0.300. The van der Waals surface area contributed by atoms with Gasteiger partial charge < -0.3 is 15.7 Å². The number of hydrogen-bond acceptors (Lipinski definition) is 5. The highest BCUT2D eigenvalue weighted by Crippen LogP contribution is 2.29. The van der Waals surface area contributed by atoms with Crippen LogP contribution in [0.5, 0.6) is 0 Å². The average molecular weight is 239 g/mol. The molecule has 0 heterocycles. The molecule has 0 amide bonds. The molecule has 7 heteroatoms. The van der Waals surface area contributed by atoms with Crippen molar-refractivity contribution in [2.45, 2.75) is 6.42 Å². The van der Waals surface area contributed by atoms with Crippen molar-refractivity contribution in [2.75, 3.05) is 24.2 Å². The van der Waals surface area contributed by atoms with Crippen LogP contribution in [0.15, 0.2) is 18.2 Å². The summed E-state index contributed by atoms with van der Waals surface area (Å²) in [4.78, 5) is 22.2. The predicted octanol–water partition coefficient (Wildman–Crippen LogP) is 1.09. The maximum Gasteiger partial charge on any atom is 0.305 e. The number of aliphatic carboxylic acids is 1. The third-order valence-corrected chi connectivity index (χ3v) is 2.27. The van der Waals surface area contributed by atoms with Gasteiger partial charge in [0.2, 0.25) is 0 Å². The smallest absolute Gasteiger partial charge is 0.305 e. The van der Waals surface area contributed by atoms with Gasteiger partial charge in [-0.25, -0.2) is 0 Å². The van der Waals surface area contributed by atoms with E-state index in [0.29, 0.717) is 11.4 Å². The first-order valence-electron chi connectivity index (χ1n) is 4.88. The highest BCUT2D eigenvalue weighted by atomic mass is 16.6. The number of nitrogens with two attached hydrogens (primary N) is 1. The Hall–Kier alpha value is -2.31. The molecule has 0 bridgehead atoms. The minimum atomic E-state index is -0.955. The molecule has 3 N–H and O–H groups in total. The summed E-state index contributed by atoms with van der Waals surface area (Å²) in [6, 6.07) is 4.20. The third-order valence-electron chi connectivity index (χ3n) is 2.27.